The predicted molar refractivity (Wildman–Crippen MR) is 308 cm³/mol. The number of nitrogens with two attached hydrogens (primary N) is 1. The molecule has 0 unspecified atom stereocenters. The number of nitro benzene ring substituents is 1. The van der Waals surface area contributed by atoms with Gasteiger partial charge in [-0.25, -0.2) is 8.78 Å². The van der Waals surface area contributed by atoms with Crippen molar-refractivity contribution in [3.05, 3.63) is 160 Å². The van der Waals surface area contributed by atoms with Crippen LogP contribution in [0.5, 0.6) is 23.0 Å². The summed E-state index contributed by atoms with van der Waals surface area (Å²) < 4.78 is 118. The van der Waals surface area contributed by atoms with Crippen LogP contribution in [0.15, 0.2) is 91.0 Å². The molecule has 0 atom stereocenters. The van der Waals surface area contributed by atoms with E-state index in [1.54, 1.807) is 31.2 Å². The summed E-state index contributed by atoms with van der Waals surface area (Å²) in [5.74, 6) is -2.54. The number of fused-ring (bicyclic) bond motifs is 11. The number of carbonyl (C=O) groups excluding carboxylic acids is 1. The zero-order valence-electron chi connectivity index (χ0n) is 49.2. The van der Waals surface area contributed by atoms with Crippen molar-refractivity contribution in [1.29, 1.82) is 0 Å². The Kier molecular flexibility index (Phi) is 19.7. The number of carboxylic acid groups (broad SMARTS) is 2. The quantitative estimate of drug-likeness (QED) is 0.0239. The molecule has 6 aliphatic rings. The molecule has 5 aromatic carbocycles. The van der Waals surface area contributed by atoms with Gasteiger partial charge in [0.2, 0.25) is 5.82 Å². The number of aromatic nitrogens is 3. The van der Waals surface area contributed by atoms with Gasteiger partial charge in [0.05, 0.1) is 32.6 Å². The predicted octanol–water partition coefficient (Wildman–Crippen LogP) is 13.1. The number of hydrogen-bond acceptors (Lipinski definition) is 11. The number of anilines is 1. The maximum atomic E-state index is 14.8. The van der Waals surface area contributed by atoms with Crippen LogP contribution in [0.4, 0.5) is 42.1 Å². The second kappa shape index (κ2) is 25.1. The molecule has 8 aromatic rings. The number of nitrogen functional groups attached to an aromatic ring is 1. The molecular formula is C62H68F7N6O11Pd-. The van der Waals surface area contributed by atoms with Crippen molar-refractivity contribution in [3.63, 3.8) is 0 Å². The Hall–Kier alpha value is -7.85. The van der Waals surface area contributed by atoms with Gasteiger partial charge in [0.15, 0.2) is 23.0 Å². The van der Waals surface area contributed by atoms with Crippen molar-refractivity contribution in [3.8, 4) is 23.0 Å². The molecule has 8 N–H and O–H groups in total. The number of benzene rings is 5. The maximum absolute atomic E-state index is 14.8. The van der Waals surface area contributed by atoms with Gasteiger partial charge in [-0.05, 0) is 116 Å². The topological polar surface area (TPSA) is 255 Å². The van der Waals surface area contributed by atoms with E-state index in [4.69, 9.17) is 25.8 Å². The van der Waals surface area contributed by atoms with E-state index >= 15 is 0 Å². The van der Waals surface area contributed by atoms with Crippen molar-refractivity contribution in [2.75, 3.05) is 12.3 Å². The van der Waals surface area contributed by atoms with Crippen molar-refractivity contribution < 1.29 is 99.9 Å². The van der Waals surface area contributed by atoms with Gasteiger partial charge in [-0.1, -0.05) is 53.7 Å². The molecule has 0 amide bonds. The number of rotatable bonds is 5. The summed E-state index contributed by atoms with van der Waals surface area (Å²) >= 11 is 0. The monoisotopic (exact) mass is 1310 g/mol. The van der Waals surface area contributed by atoms with Crippen LogP contribution in [0.3, 0.4) is 0 Å². The molecule has 0 saturated heterocycles. The number of aliphatic hydroxyl groups excluding tert-OH is 1. The molecule has 0 radical (unpaired) electrons. The largest absolute Gasteiger partial charge is 0.586 e. The van der Waals surface area contributed by atoms with Crippen LogP contribution >= 0.6 is 0 Å². The minimum Gasteiger partial charge on any atom is -0.554 e. The van der Waals surface area contributed by atoms with Crippen molar-refractivity contribution in [2.24, 2.45) is 0 Å². The van der Waals surface area contributed by atoms with Crippen LogP contribution in [0, 0.1) is 35.0 Å². The molecule has 17 nitrogen and oxygen atoms in total. The third-order valence-corrected chi connectivity index (χ3v) is 16.2. The molecule has 14 rings (SSSR count). The number of aryl methyl sites for hydroxylation is 3. The van der Waals surface area contributed by atoms with Crippen LogP contribution in [-0.2, 0) is 77.7 Å². The number of nitrogens with zero attached hydrogens (tertiary/aromatic N) is 4. The van der Waals surface area contributed by atoms with Crippen LogP contribution in [0.2, 0.25) is 0 Å². The van der Waals surface area contributed by atoms with Gasteiger partial charge in [0.25, 0.3) is 0 Å². The average molecular weight is 1310 g/mol. The minimum absolute atomic E-state index is 0. The molecule has 87 heavy (non-hydrogen) atoms. The Balaban J connectivity index is 0.000000181. The van der Waals surface area contributed by atoms with Gasteiger partial charge in [-0.15, -0.1) is 17.6 Å². The molecule has 0 bridgehead atoms. The van der Waals surface area contributed by atoms with E-state index in [9.17, 15) is 45.6 Å². The van der Waals surface area contributed by atoms with E-state index in [2.05, 4.69) is 86.3 Å². The summed E-state index contributed by atoms with van der Waals surface area (Å²) in [5, 5.41) is 38.4. The Labute approximate surface area is 510 Å². The minimum atomic E-state index is -3.67. The summed E-state index contributed by atoms with van der Waals surface area (Å²) in [6.45, 7) is 17.2. The van der Waals surface area contributed by atoms with Gasteiger partial charge in [-0.2, -0.15) is 4.39 Å². The van der Waals surface area contributed by atoms with E-state index in [1.165, 1.54) is 53.9 Å². The molecule has 0 spiro atoms. The van der Waals surface area contributed by atoms with Crippen LogP contribution in [-0.4, -0.2) is 60.5 Å². The van der Waals surface area contributed by atoms with Crippen LogP contribution in [0.25, 0.3) is 32.7 Å². The van der Waals surface area contributed by atoms with Gasteiger partial charge < -0.3 is 72.1 Å². The van der Waals surface area contributed by atoms with Gasteiger partial charge >= 0.3 is 24.2 Å². The summed E-state index contributed by atoms with van der Waals surface area (Å²) in [4.78, 5) is 29.4. The maximum Gasteiger partial charge on any atom is 0.586 e. The SMILES string of the molecule is CC1(C)CCn2c1cc1cc(Cc3ccc4c(c3)OC(F)(F)O4)c(F)cc12.CC1(C)CCn2c1cc1cc(N)c(F)cc12.CC1(C)CCn2c1cc1cc([N+](=O)[O-])c(F)cc12.CCO.O=C(O)C1(c2ccc3c(c2)OC(F)(F)O3)CC1.O=C[O-].[CH3-].[NH4+].[Pd]. The Morgan fingerprint density at radius 2 is 1.02 bits per heavy atom. The van der Waals surface area contributed by atoms with Gasteiger partial charge in [0.1, 0.15) is 11.6 Å². The number of quaternary nitrogens is 1. The zero-order valence-corrected chi connectivity index (χ0v) is 50.8. The van der Waals surface area contributed by atoms with Crippen LogP contribution in [0.1, 0.15) is 114 Å². The number of halogens is 7. The molecule has 25 heteroatoms. The fourth-order valence-electron chi connectivity index (χ4n) is 11.5. The van der Waals surface area contributed by atoms with Crippen molar-refractivity contribution in [1.82, 2.24) is 19.9 Å². The molecule has 8 heterocycles. The third-order valence-electron chi connectivity index (χ3n) is 16.2. The zero-order chi connectivity index (χ0) is 61.2. The average Bonchev–Trinajstić information content (AvgIpc) is 1.86. The fourth-order valence-corrected chi connectivity index (χ4v) is 11.5. The first-order valence-corrected chi connectivity index (χ1v) is 26.9. The number of ether oxygens (including phenoxy) is 4. The van der Waals surface area contributed by atoms with Crippen molar-refractivity contribution in [2.45, 2.75) is 141 Å². The van der Waals surface area contributed by atoms with Crippen LogP contribution < -0.4 is 35.9 Å². The van der Waals surface area contributed by atoms with E-state index < -0.39 is 46.9 Å². The summed E-state index contributed by atoms with van der Waals surface area (Å²) in [6, 6.07) is 24.2. The molecule has 472 valence electrons. The van der Waals surface area contributed by atoms with E-state index in [1.807, 2.05) is 12.1 Å². The first-order chi connectivity index (χ1) is 39.4. The number of carbonyl (C=O) groups is 2. The number of aliphatic hydroxyl groups is 1. The third kappa shape index (κ3) is 13.5. The number of nitro groups is 1. The Morgan fingerprint density at radius 3 is 1.46 bits per heavy atom. The fraction of sp³-hybridized carbons (Fsp3) is 0.371. The molecule has 5 aliphatic heterocycles. The number of carboxylic acids is 1. The van der Waals surface area contributed by atoms with E-state index in [0.29, 0.717) is 29.5 Å². The Bertz CT molecular complexity index is 3910. The van der Waals surface area contributed by atoms with Gasteiger partial charge in [-0.3, -0.25) is 14.9 Å². The summed E-state index contributed by atoms with van der Waals surface area (Å²) in [7, 11) is 0. The second-order valence-electron chi connectivity index (χ2n) is 23.3. The number of alkyl halides is 4. The van der Waals surface area contributed by atoms with E-state index in [0.717, 1.165) is 77.3 Å². The molecule has 1 saturated carbocycles. The molecular weight excluding hydrogens is 1240 g/mol. The summed E-state index contributed by atoms with van der Waals surface area (Å²) in [6.07, 6.45) is -2.83. The summed E-state index contributed by atoms with van der Waals surface area (Å²) in [5.41, 5.74) is 12.7. The molecule has 1 aliphatic carbocycles. The smallest absolute Gasteiger partial charge is 0.554 e. The number of hydrogen-bond donors (Lipinski definition) is 4. The molecule has 1 fully saturated rings. The van der Waals surface area contributed by atoms with Crippen molar-refractivity contribution >= 4 is 56.5 Å². The Morgan fingerprint density at radius 1 is 0.632 bits per heavy atom. The first-order valence-electron chi connectivity index (χ1n) is 26.9. The number of aliphatic carboxylic acids is 1. The first kappa shape index (κ1) is 68.3. The standard InChI is InChI=1S/C21H18F3NO2.C13H13FN2O2.C13H15FN2.C11H8F2O4.C2H6O.CH2O2.CH3.H3N.Pd/c1-20(2)5-6-25-16-11-15(22)13(9-14(16)10-19(20)25)7-12-3-4-17-18(8-12)27-21(23,24)26-17;1-13(2)3-4-15-10-7-9(14)11(16(17)18)5-8(10)6-12(13)15;1-13(2)3-4-16-11-7-9(14)10(15)5-8(11)6-12(13)16;12-11(13)16-7-2-1-6(5-8(7)17-11)10(3-4-10)9(14)15;1-2-3;2-1-3;;;/h3-4,8-11H,5-7H2,1-2H3;5-7H,3-4H2,1-2H3;5-7H,3-4,15H2,1-2H3;1-2,5H,3-4H2,(H,14,15);3H,2H2,1H3;1H,(H,2,3);2*1H3;/q;;;;;;-1;;. The second-order valence-corrected chi connectivity index (χ2v) is 23.3. The normalized spacial score (nSPS) is 17.4. The molecule has 3 aromatic heterocycles. The van der Waals surface area contributed by atoms with E-state index in [-0.39, 0.29) is 104 Å². The van der Waals surface area contributed by atoms with Gasteiger partial charge in [0, 0.05) is 127 Å².